The molecule has 6 heteroatoms. The van der Waals surface area contributed by atoms with Crippen molar-refractivity contribution < 1.29 is 4.74 Å². The van der Waals surface area contributed by atoms with Crippen molar-refractivity contribution in [3.05, 3.63) is 70.9 Å². The number of para-hydroxylation sites is 1. The number of anilines is 3. The molecule has 128 valence electrons. The van der Waals surface area contributed by atoms with E-state index in [2.05, 4.69) is 20.6 Å². The van der Waals surface area contributed by atoms with Crippen LogP contribution in [0.5, 0.6) is 5.75 Å². The lowest BCUT2D eigenvalue weighted by atomic mass is 10.2. The highest BCUT2D eigenvalue weighted by Crippen LogP contribution is 2.21. The summed E-state index contributed by atoms with van der Waals surface area (Å²) in [7, 11) is 1.66. The van der Waals surface area contributed by atoms with Gasteiger partial charge in [-0.1, -0.05) is 35.9 Å². The van der Waals surface area contributed by atoms with Gasteiger partial charge in [0.05, 0.1) is 7.11 Å². The van der Waals surface area contributed by atoms with E-state index in [9.17, 15) is 0 Å². The van der Waals surface area contributed by atoms with E-state index in [1.54, 1.807) is 7.11 Å². The molecular formula is C19H19ClN4O. The Labute approximate surface area is 152 Å². The van der Waals surface area contributed by atoms with E-state index in [1.807, 2.05) is 61.5 Å². The lowest BCUT2D eigenvalue weighted by Gasteiger charge is -2.12. The number of hydrogen-bond donors (Lipinski definition) is 2. The zero-order chi connectivity index (χ0) is 17.6. The fourth-order valence-electron chi connectivity index (χ4n) is 2.45. The van der Waals surface area contributed by atoms with Crippen molar-refractivity contribution in [1.82, 2.24) is 9.97 Å². The molecule has 1 aromatic heterocycles. The lowest BCUT2D eigenvalue weighted by molar-refractivity contribution is 0.410. The molecule has 0 saturated carbocycles. The fraction of sp³-hybridized carbons (Fsp3) is 0.158. The van der Waals surface area contributed by atoms with E-state index in [-0.39, 0.29) is 0 Å². The van der Waals surface area contributed by atoms with Crippen molar-refractivity contribution in [3.8, 4) is 5.75 Å². The topological polar surface area (TPSA) is 59.1 Å². The van der Waals surface area contributed by atoms with Gasteiger partial charge in [0, 0.05) is 34.6 Å². The first kappa shape index (κ1) is 17.0. The molecule has 0 unspecified atom stereocenters. The van der Waals surface area contributed by atoms with Gasteiger partial charge in [-0.2, -0.15) is 4.98 Å². The maximum absolute atomic E-state index is 6.02. The standard InChI is InChI=1S/C19H19ClN4O/c1-13-10-18(23-16-8-5-7-15(20)11-16)24-19(22-13)21-12-14-6-3-4-9-17(14)25-2/h3-11H,12H2,1-2H3,(H2,21,22,23,24). The minimum atomic E-state index is 0.551. The van der Waals surface area contributed by atoms with Crippen LogP contribution in [-0.4, -0.2) is 17.1 Å². The van der Waals surface area contributed by atoms with Gasteiger partial charge in [-0.05, 0) is 31.2 Å². The van der Waals surface area contributed by atoms with Crippen LogP contribution in [0.3, 0.4) is 0 Å². The van der Waals surface area contributed by atoms with E-state index < -0.39 is 0 Å². The third-order valence-corrected chi connectivity index (χ3v) is 3.82. The highest BCUT2D eigenvalue weighted by molar-refractivity contribution is 6.30. The minimum absolute atomic E-state index is 0.551. The summed E-state index contributed by atoms with van der Waals surface area (Å²) in [5.41, 5.74) is 2.78. The second-order valence-corrected chi connectivity index (χ2v) is 5.96. The van der Waals surface area contributed by atoms with Crippen LogP contribution in [-0.2, 0) is 6.54 Å². The number of benzene rings is 2. The van der Waals surface area contributed by atoms with Crippen LogP contribution in [0, 0.1) is 6.92 Å². The number of nitrogens with one attached hydrogen (secondary N) is 2. The molecule has 0 amide bonds. The predicted molar refractivity (Wildman–Crippen MR) is 102 cm³/mol. The van der Waals surface area contributed by atoms with Crippen molar-refractivity contribution in [2.75, 3.05) is 17.7 Å². The average molecular weight is 355 g/mol. The Bertz CT molecular complexity index is 870. The largest absolute Gasteiger partial charge is 0.496 e. The molecule has 1 heterocycles. The molecule has 0 aliphatic carbocycles. The van der Waals surface area contributed by atoms with Crippen molar-refractivity contribution in [1.29, 1.82) is 0 Å². The van der Waals surface area contributed by atoms with Crippen LogP contribution >= 0.6 is 11.6 Å². The second-order valence-electron chi connectivity index (χ2n) is 5.52. The Morgan fingerprint density at radius 2 is 1.88 bits per heavy atom. The number of methoxy groups -OCH3 is 1. The second kappa shape index (κ2) is 7.85. The summed E-state index contributed by atoms with van der Waals surface area (Å²) in [5.74, 6) is 2.09. The fourth-order valence-corrected chi connectivity index (χ4v) is 2.64. The van der Waals surface area contributed by atoms with Crippen LogP contribution in [0.15, 0.2) is 54.6 Å². The third-order valence-electron chi connectivity index (χ3n) is 3.58. The van der Waals surface area contributed by atoms with Gasteiger partial charge in [0.1, 0.15) is 11.6 Å². The smallest absolute Gasteiger partial charge is 0.225 e. The van der Waals surface area contributed by atoms with E-state index in [0.29, 0.717) is 23.3 Å². The summed E-state index contributed by atoms with van der Waals surface area (Å²) in [6.45, 7) is 2.50. The van der Waals surface area contributed by atoms with Crippen molar-refractivity contribution >= 4 is 29.1 Å². The summed E-state index contributed by atoms with van der Waals surface area (Å²) < 4.78 is 5.37. The maximum atomic E-state index is 6.02. The Morgan fingerprint density at radius 3 is 2.68 bits per heavy atom. The van der Waals surface area contributed by atoms with Gasteiger partial charge >= 0.3 is 0 Å². The quantitative estimate of drug-likeness (QED) is 0.665. The molecule has 3 rings (SSSR count). The first-order valence-electron chi connectivity index (χ1n) is 7.88. The monoisotopic (exact) mass is 354 g/mol. The Balaban J connectivity index is 1.75. The normalized spacial score (nSPS) is 10.4. The molecule has 0 spiro atoms. The Hall–Kier alpha value is -2.79. The van der Waals surface area contributed by atoms with Crippen LogP contribution < -0.4 is 15.4 Å². The predicted octanol–water partition coefficient (Wildman–Crippen LogP) is 4.80. The van der Waals surface area contributed by atoms with Gasteiger partial charge in [0.15, 0.2) is 0 Å². The number of hydrogen-bond acceptors (Lipinski definition) is 5. The molecule has 25 heavy (non-hydrogen) atoms. The molecule has 0 aliphatic heterocycles. The number of aromatic nitrogens is 2. The van der Waals surface area contributed by atoms with Crippen LogP contribution in [0.4, 0.5) is 17.5 Å². The maximum Gasteiger partial charge on any atom is 0.225 e. The van der Waals surface area contributed by atoms with Crippen LogP contribution in [0.2, 0.25) is 5.02 Å². The lowest BCUT2D eigenvalue weighted by Crippen LogP contribution is -2.07. The number of rotatable bonds is 6. The molecule has 5 nitrogen and oxygen atoms in total. The molecule has 0 bridgehead atoms. The van der Waals surface area contributed by atoms with Crippen LogP contribution in [0.25, 0.3) is 0 Å². The number of nitrogens with zero attached hydrogens (tertiary/aromatic N) is 2. The van der Waals surface area contributed by atoms with Gasteiger partial charge in [-0.15, -0.1) is 0 Å². The zero-order valence-corrected chi connectivity index (χ0v) is 14.8. The zero-order valence-electron chi connectivity index (χ0n) is 14.1. The molecule has 2 aromatic carbocycles. The molecule has 0 saturated heterocycles. The van der Waals surface area contributed by atoms with Crippen molar-refractivity contribution in [2.24, 2.45) is 0 Å². The Kier molecular flexibility index (Phi) is 5.36. The van der Waals surface area contributed by atoms with E-state index in [0.717, 1.165) is 22.7 Å². The van der Waals surface area contributed by atoms with Gasteiger partial charge in [-0.3, -0.25) is 0 Å². The van der Waals surface area contributed by atoms with Crippen molar-refractivity contribution in [3.63, 3.8) is 0 Å². The summed E-state index contributed by atoms with van der Waals surface area (Å²) in [5, 5.41) is 7.16. The summed E-state index contributed by atoms with van der Waals surface area (Å²) in [6.07, 6.45) is 0. The summed E-state index contributed by atoms with van der Waals surface area (Å²) in [4.78, 5) is 8.95. The molecule has 0 aliphatic rings. The highest BCUT2D eigenvalue weighted by Gasteiger charge is 2.06. The number of aryl methyl sites for hydroxylation is 1. The third kappa shape index (κ3) is 4.61. The van der Waals surface area contributed by atoms with Crippen molar-refractivity contribution in [2.45, 2.75) is 13.5 Å². The first-order valence-corrected chi connectivity index (χ1v) is 8.26. The first-order chi connectivity index (χ1) is 12.1. The number of ether oxygens (including phenoxy) is 1. The molecule has 0 fully saturated rings. The molecular weight excluding hydrogens is 336 g/mol. The SMILES string of the molecule is COc1ccccc1CNc1nc(C)cc(Nc2cccc(Cl)c2)n1. The highest BCUT2D eigenvalue weighted by atomic mass is 35.5. The molecule has 2 N–H and O–H groups in total. The van der Waals surface area contributed by atoms with E-state index in [4.69, 9.17) is 16.3 Å². The minimum Gasteiger partial charge on any atom is -0.496 e. The molecule has 0 radical (unpaired) electrons. The van der Waals surface area contributed by atoms with Gasteiger partial charge in [-0.25, -0.2) is 4.98 Å². The summed E-state index contributed by atoms with van der Waals surface area (Å²) >= 11 is 6.02. The van der Waals surface area contributed by atoms with Gasteiger partial charge < -0.3 is 15.4 Å². The van der Waals surface area contributed by atoms with Crippen LogP contribution in [0.1, 0.15) is 11.3 Å². The van der Waals surface area contributed by atoms with E-state index in [1.165, 1.54) is 0 Å². The molecule has 3 aromatic rings. The molecule has 0 atom stereocenters. The van der Waals surface area contributed by atoms with Gasteiger partial charge in [0.25, 0.3) is 0 Å². The summed E-state index contributed by atoms with van der Waals surface area (Å²) in [6, 6.07) is 17.2. The average Bonchev–Trinajstić information content (AvgIpc) is 2.60. The number of halogens is 1. The van der Waals surface area contributed by atoms with Gasteiger partial charge in [0.2, 0.25) is 5.95 Å². The Morgan fingerprint density at radius 1 is 1.04 bits per heavy atom. The van der Waals surface area contributed by atoms with E-state index >= 15 is 0 Å².